The van der Waals surface area contributed by atoms with Crippen LogP contribution in [0.3, 0.4) is 0 Å². The van der Waals surface area contributed by atoms with Gasteiger partial charge in [0.2, 0.25) is 0 Å². The Labute approximate surface area is 193 Å². The molecule has 2 aromatic rings. The summed E-state index contributed by atoms with van der Waals surface area (Å²) in [4.78, 5) is 28.2. The molecule has 0 radical (unpaired) electrons. The first kappa shape index (κ1) is 23.0. The lowest BCUT2D eigenvalue weighted by Gasteiger charge is -2.48. The maximum atomic E-state index is 12.7. The van der Waals surface area contributed by atoms with Gasteiger partial charge in [-0.1, -0.05) is 49.1 Å². The Kier molecular flexibility index (Phi) is 7.60. The van der Waals surface area contributed by atoms with Gasteiger partial charge >= 0.3 is 5.97 Å². The SMILES string of the molecule is Cc1ccc(-c2ccsc2C(=O)OCC(=O)NCC2(N3CCOCC3)CCCCC2)cc1. The molecule has 0 spiro atoms. The van der Waals surface area contributed by atoms with Gasteiger partial charge in [-0.25, -0.2) is 4.79 Å². The second-order valence-electron chi connectivity index (χ2n) is 8.77. The van der Waals surface area contributed by atoms with Crippen LogP contribution in [0.4, 0.5) is 0 Å². The number of aryl methyl sites for hydroxylation is 1. The fraction of sp³-hybridized carbons (Fsp3) is 0.520. The third-order valence-electron chi connectivity index (χ3n) is 6.63. The number of amides is 1. The van der Waals surface area contributed by atoms with E-state index in [2.05, 4.69) is 10.2 Å². The minimum absolute atomic E-state index is 0.00589. The van der Waals surface area contributed by atoms with Crippen molar-refractivity contribution in [1.29, 1.82) is 0 Å². The van der Waals surface area contributed by atoms with E-state index in [0.29, 0.717) is 11.4 Å². The summed E-state index contributed by atoms with van der Waals surface area (Å²) in [6, 6.07) is 9.95. The van der Waals surface area contributed by atoms with Gasteiger partial charge in [0, 0.05) is 30.7 Å². The third-order valence-corrected chi connectivity index (χ3v) is 7.52. The van der Waals surface area contributed by atoms with Crippen LogP contribution in [0.1, 0.15) is 47.3 Å². The van der Waals surface area contributed by atoms with E-state index in [9.17, 15) is 9.59 Å². The molecule has 32 heavy (non-hydrogen) atoms. The number of benzene rings is 1. The molecule has 1 saturated heterocycles. The summed E-state index contributed by atoms with van der Waals surface area (Å²) in [5.41, 5.74) is 2.97. The third kappa shape index (κ3) is 5.39. The molecule has 1 saturated carbocycles. The van der Waals surface area contributed by atoms with Gasteiger partial charge < -0.3 is 14.8 Å². The summed E-state index contributed by atoms with van der Waals surface area (Å²) in [5.74, 6) is -0.698. The minimum atomic E-state index is -0.453. The van der Waals surface area contributed by atoms with Gasteiger partial charge in [-0.3, -0.25) is 9.69 Å². The molecule has 1 aromatic heterocycles. The second kappa shape index (κ2) is 10.6. The summed E-state index contributed by atoms with van der Waals surface area (Å²) in [7, 11) is 0. The van der Waals surface area contributed by atoms with Crippen LogP contribution in [0.5, 0.6) is 0 Å². The molecular formula is C25H32N2O4S. The number of thiophene rings is 1. The van der Waals surface area contributed by atoms with E-state index in [1.165, 1.54) is 30.6 Å². The molecule has 1 N–H and O–H groups in total. The maximum Gasteiger partial charge on any atom is 0.349 e. The number of carbonyl (C=O) groups is 2. The number of ether oxygens (including phenoxy) is 2. The van der Waals surface area contributed by atoms with E-state index in [1.54, 1.807) is 0 Å². The molecule has 4 rings (SSSR count). The Balaban J connectivity index is 1.32. The van der Waals surface area contributed by atoms with Crippen molar-refractivity contribution in [1.82, 2.24) is 10.2 Å². The van der Waals surface area contributed by atoms with Crippen LogP contribution in [-0.4, -0.2) is 61.8 Å². The first-order valence-corrected chi connectivity index (χ1v) is 12.4. The number of morpholine rings is 1. The lowest BCUT2D eigenvalue weighted by atomic mass is 9.79. The summed E-state index contributed by atoms with van der Waals surface area (Å²) in [5, 5.41) is 4.92. The van der Waals surface area contributed by atoms with Crippen molar-refractivity contribution in [3.63, 3.8) is 0 Å². The van der Waals surface area contributed by atoms with Crippen molar-refractivity contribution in [3.8, 4) is 11.1 Å². The molecule has 1 aromatic carbocycles. The highest BCUT2D eigenvalue weighted by Gasteiger charge is 2.38. The van der Waals surface area contributed by atoms with Gasteiger partial charge in [0.1, 0.15) is 4.88 Å². The van der Waals surface area contributed by atoms with Crippen LogP contribution < -0.4 is 5.32 Å². The van der Waals surface area contributed by atoms with E-state index >= 15 is 0 Å². The molecule has 0 atom stereocenters. The Hall–Kier alpha value is -2.22. The number of rotatable bonds is 7. The second-order valence-corrected chi connectivity index (χ2v) is 9.68. The standard InChI is InChI=1S/C25H32N2O4S/c1-19-5-7-20(8-6-19)21-9-16-32-23(21)24(29)31-17-22(28)26-18-25(10-3-2-4-11-25)27-12-14-30-15-13-27/h5-9,16H,2-4,10-15,17-18H2,1H3,(H,26,28). The molecule has 2 fully saturated rings. The average molecular weight is 457 g/mol. The molecule has 1 aliphatic carbocycles. The lowest BCUT2D eigenvalue weighted by Crippen LogP contribution is -2.59. The predicted molar refractivity (Wildman–Crippen MR) is 126 cm³/mol. The fourth-order valence-corrected chi connectivity index (χ4v) is 5.60. The van der Waals surface area contributed by atoms with E-state index < -0.39 is 5.97 Å². The summed E-state index contributed by atoms with van der Waals surface area (Å²) >= 11 is 1.34. The van der Waals surface area contributed by atoms with Gasteiger partial charge in [-0.2, -0.15) is 0 Å². The molecule has 172 valence electrons. The van der Waals surface area contributed by atoms with Crippen molar-refractivity contribution < 1.29 is 19.1 Å². The fourth-order valence-electron chi connectivity index (χ4n) is 4.79. The van der Waals surface area contributed by atoms with E-state index in [-0.39, 0.29) is 18.1 Å². The van der Waals surface area contributed by atoms with Crippen LogP contribution in [0.15, 0.2) is 35.7 Å². The average Bonchev–Trinajstić information content (AvgIpc) is 3.33. The van der Waals surface area contributed by atoms with Gasteiger partial charge in [0.15, 0.2) is 6.61 Å². The number of esters is 1. The Morgan fingerprint density at radius 3 is 2.53 bits per heavy atom. The minimum Gasteiger partial charge on any atom is -0.451 e. The Bertz CT molecular complexity index is 912. The predicted octanol–water partition coefficient (Wildman–Crippen LogP) is 4.03. The highest BCUT2D eigenvalue weighted by atomic mass is 32.1. The largest absolute Gasteiger partial charge is 0.451 e. The highest BCUT2D eigenvalue weighted by molar-refractivity contribution is 7.12. The molecule has 2 aliphatic rings. The molecule has 0 bridgehead atoms. The molecule has 1 amide bonds. The van der Waals surface area contributed by atoms with Crippen molar-refractivity contribution in [2.75, 3.05) is 39.5 Å². The van der Waals surface area contributed by atoms with Crippen LogP contribution in [0.25, 0.3) is 11.1 Å². The van der Waals surface area contributed by atoms with E-state index in [4.69, 9.17) is 9.47 Å². The monoisotopic (exact) mass is 456 g/mol. The van der Waals surface area contributed by atoms with Gasteiger partial charge in [0.05, 0.1) is 13.2 Å². The Morgan fingerprint density at radius 1 is 1.09 bits per heavy atom. The summed E-state index contributed by atoms with van der Waals surface area (Å²) in [6.07, 6.45) is 5.79. The first-order chi connectivity index (χ1) is 15.6. The van der Waals surface area contributed by atoms with Gasteiger partial charge in [-0.05, 0) is 36.8 Å². The van der Waals surface area contributed by atoms with Gasteiger partial charge in [-0.15, -0.1) is 11.3 Å². The molecule has 6 nitrogen and oxygen atoms in total. The first-order valence-electron chi connectivity index (χ1n) is 11.5. The molecular weight excluding hydrogens is 424 g/mol. The zero-order valence-electron chi connectivity index (χ0n) is 18.7. The summed E-state index contributed by atoms with van der Waals surface area (Å²) < 4.78 is 10.9. The number of nitrogens with zero attached hydrogens (tertiary/aromatic N) is 1. The molecule has 7 heteroatoms. The van der Waals surface area contributed by atoms with Crippen molar-refractivity contribution in [2.24, 2.45) is 0 Å². The van der Waals surface area contributed by atoms with Crippen molar-refractivity contribution >= 4 is 23.2 Å². The van der Waals surface area contributed by atoms with Crippen LogP contribution >= 0.6 is 11.3 Å². The smallest absolute Gasteiger partial charge is 0.349 e. The zero-order valence-corrected chi connectivity index (χ0v) is 19.5. The number of hydrogen-bond donors (Lipinski definition) is 1. The van der Waals surface area contributed by atoms with Gasteiger partial charge in [0.25, 0.3) is 5.91 Å². The van der Waals surface area contributed by atoms with Crippen molar-refractivity contribution in [3.05, 3.63) is 46.2 Å². The molecule has 1 aliphatic heterocycles. The van der Waals surface area contributed by atoms with E-state index in [0.717, 1.165) is 55.8 Å². The zero-order chi connectivity index (χ0) is 22.4. The van der Waals surface area contributed by atoms with Crippen LogP contribution in [0.2, 0.25) is 0 Å². The normalized spacial score (nSPS) is 18.8. The molecule has 0 unspecified atom stereocenters. The maximum absolute atomic E-state index is 12.7. The van der Waals surface area contributed by atoms with Crippen LogP contribution in [-0.2, 0) is 14.3 Å². The summed E-state index contributed by atoms with van der Waals surface area (Å²) in [6.45, 7) is 5.67. The highest BCUT2D eigenvalue weighted by Crippen LogP contribution is 2.34. The van der Waals surface area contributed by atoms with E-state index in [1.807, 2.05) is 42.6 Å². The van der Waals surface area contributed by atoms with Crippen LogP contribution in [0, 0.1) is 6.92 Å². The topological polar surface area (TPSA) is 67.9 Å². The Morgan fingerprint density at radius 2 is 1.81 bits per heavy atom. The lowest BCUT2D eigenvalue weighted by molar-refractivity contribution is -0.125. The quantitative estimate of drug-likeness (QED) is 0.637. The number of hydrogen-bond acceptors (Lipinski definition) is 6. The number of nitrogens with one attached hydrogen (secondary N) is 1. The molecule has 2 heterocycles. The number of carbonyl (C=O) groups excluding carboxylic acids is 2. The van der Waals surface area contributed by atoms with Crippen molar-refractivity contribution in [2.45, 2.75) is 44.6 Å².